The molecule has 0 spiro atoms. The van der Waals surface area contributed by atoms with Crippen LogP contribution in [0, 0.1) is 6.92 Å². The summed E-state index contributed by atoms with van der Waals surface area (Å²) in [5.41, 5.74) is 7.85. The van der Waals surface area contributed by atoms with Gasteiger partial charge in [0.2, 0.25) is 0 Å². The van der Waals surface area contributed by atoms with Crippen molar-refractivity contribution in [3.63, 3.8) is 0 Å². The van der Waals surface area contributed by atoms with Crippen molar-refractivity contribution in [1.82, 2.24) is 20.2 Å². The van der Waals surface area contributed by atoms with Gasteiger partial charge in [-0.3, -0.25) is 4.79 Å². The van der Waals surface area contributed by atoms with Crippen molar-refractivity contribution in [2.24, 2.45) is 5.73 Å². The smallest absolute Gasteiger partial charge is 0.254 e. The van der Waals surface area contributed by atoms with Gasteiger partial charge in [-0.1, -0.05) is 6.07 Å². The van der Waals surface area contributed by atoms with Gasteiger partial charge >= 0.3 is 0 Å². The lowest BCUT2D eigenvalue weighted by molar-refractivity contribution is -0.125. The highest BCUT2D eigenvalue weighted by molar-refractivity contribution is 5.94. The molecule has 0 aliphatic rings. The van der Waals surface area contributed by atoms with Crippen molar-refractivity contribution in [2.45, 2.75) is 13.0 Å². The van der Waals surface area contributed by atoms with E-state index in [1.54, 1.807) is 12.1 Å². The molecule has 0 saturated carbocycles. The lowest BCUT2D eigenvalue weighted by Crippen LogP contribution is -2.35. The maximum Gasteiger partial charge on any atom is 0.254 e. The van der Waals surface area contributed by atoms with Crippen LogP contribution in [0.5, 0.6) is 0 Å². The summed E-state index contributed by atoms with van der Waals surface area (Å²) in [6.45, 7) is 2.05. The number of ether oxygens (including phenoxy) is 1. The van der Waals surface area contributed by atoms with Gasteiger partial charge in [-0.2, -0.15) is 0 Å². The van der Waals surface area contributed by atoms with Gasteiger partial charge in [-0.15, -0.1) is 5.10 Å². The number of hydrogen-bond acceptors (Lipinski definition) is 6. The minimum absolute atomic E-state index is 0.119. The molecule has 1 heterocycles. The highest BCUT2D eigenvalue weighted by Crippen LogP contribution is 2.18. The van der Waals surface area contributed by atoms with Crippen LogP contribution in [0.4, 0.5) is 5.69 Å². The lowest BCUT2D eigenvalue weighted by atomic mass is 10.1. The Bertz CT molecular complexity index is 580. The normalized spacial score (nSPS) is 12.2. The number of tetrazole rings is 1. The van der Waals surface area contributed by atoms with Gasteiger partial charge in [0.1, 0.15) is 12.4 Å². The van der Waals surface area contributed by atoms with E-state index in [9.17, 15) is 4.79 Å². The summed E-state index contributed by atoms with van der Waals surface area (Å²) in [7, 11) is 1.44. The Morgan fingerprint density at radius 3 is 2.95 bits per heavy atom. The molecule has 1 amide bonds. The Hall–Kier alpha value is -2.32. The number of methoxy groups -OCH3 is 1. The predicted octanol–water partition coefficient (Wildman–Crippen LogP) is -0.117. The molecule has 1 aromatic carbocycles. The zero-order valence-electron chi connectivity index (χ0n) is 11.3. The van der Waals surface area contributed by atoms with Crippen LogP contribution in [0.2, 0.25) is 0 Å². The number of carbonyl (C=O) groups is 1. The van der Waals surface area contributed by atoms with Crippen molar-refractivity contribution in [1.29, 1.82) is 0 Å². The minimum Gasteiger partial charge on any atom is -0.370 e. The van der Waals surface area contributed by atoms with E-state index >= 15 is 0 Å². The van der Waals surface area contributed by atoms with E-state index in [-0.39, 0.29) is 12.5 Å². The summed E-state index contributed by atoms with van der Waals surface area (Å²) in [6.07, 6.45) is 0.818. The highest BCUT2D eigenvalue weighted by atomic mass is 16.5. The quantitative estimate of drug-likeness (QED) is 0.788. The summed E-state index contributed by atoms with van der Waals surface area (Å²) in [4.78, 5) is 11.9. The molecule has 2 rings (SSSR count). The first-order valence-electron chi connectivity index (χ1n) is 6.03. The molecule has 1 aromatic heterocycles. The third-order valence-electron chi connectivity index (χ3n) is 2.86. The molecule has 0 bridgehead atoms. The molecule has 8 heteroatoms. The maximum absolute atomic E-state index is 11.9. The van der Waals surface area contributed by atoms with Crippen molar-refractivity contribution >= 4 is 11.6 Å². The molecule has 20 heavy (non-hydrogen) atoms. The number of carbonyl (C=O) groups excluding carboxylic acids is 1. The van der Waals surface area contributed by atoms with Gasteiger partial charge in [0, 0.05) is 19.3 Å². The molecule has 0 aliphatic carbocycles. The Labute approximate surface area is 115 Å². The van der Waals surface area contributed by atoms with E-state index in [0.29, 0.717) is 5.69 Å². The summed E-state index contributed by atoms with van der Waals surface area (Å²) in [5.74, 6) is -0.290. The van der Waals surface area contributed by atoms with Crippen molar-refractivity contribution in [2.75, 3.05) is 19.0 Å². The Morgan fingerprint density at radius 1 is 1.55 bits per heavy atom. The molecule has 1 atom stereocenters. The topological polar surface area (TPSA) is 108 Å². The number of benzene rings is 1. The number of anilines is 1. The van der Waals surface area contributed by atoms with E-state index in [1.165, 1.54) is 18.1 Å². The van der Waals surface area contributed by atoms with Crippen molar-refractivity contribution in [3.05, 3.63) is 30.1 Å². The molecule has 2 aromatic rings. The van der Waals surface area contributed by atoms with Gasteiger partial charge in [0.25, 0.3) is 5.91 Å². The number of aryl methyl sites for hydroxylation is 1. The van der Waals surface area contributed by atoms with Crippen LogP contribution in [-0.4, -0.2) is 45.9 Å². The molecule has 0 fully saturated rings. The predicted molar refractivity (Wildman–Crippen MR) is 72.4 cm³/mol. The standard InChI is InChI=1S/C12H16N6O2/c1-8-3-4-9(15-12(19)11(6-13)20-2)5-10(8)18-7-14-16-17-18/h3-5,7,11H,6,13H2,1-2H3,(H,15,19). The maximum atomic E-state index is 11.9. The number of rotatable bonds is 5. The van der Waals surface area contributed by atoms with E-state index in [2.05, 4.69) is 20.8 Å². The zero-order chi connectivity index (χ0) is 14.5. The fraction of sp³-hybridized carbons (Fsp3) is 0.333. The second-order valence-corrected chi connectivity index (χ2v) is 4.20. The van der Waals surface area contributed by atoms with Crippen LogP contribution in [0.15, 0.2) is 24.5 Å². The van der Waals surface area contributed by atoms with E-state index in [0.717, 1.165) is 11.3 Å². The largest absolute Gasteiger partial charge is 0.370 e. The molecule has 0 radical (unpaired) electrons. The summed E-state index contributed by atoms with van der Waals surface area (Å²) in [5, 5.41) is 13.8. The molecule has 106 valence electrons. The number of hydrogen-bond donors (Lipinski definition) is 2. The van der Waals surface area contributed by atoms with Crippen molar-refractivity contribution < 1.29 is 9.53 Å². The second-order valence-electron chi connectivity index (χ2n) is 4.20. The van der Waals surface area contributed by atoms with Crippen LogP contribution in [0.25, 0.3) is 5.69 Å². The molecule has 0 aliphatic heterocycles. The third kappa shape index (κ3) is 2.98. The van der Waals surface area contributed by atoms with Crippen molar-refractivity contribution in [3.8, 4) is 5.69 Å². The van der Waals surface area contributed by atoms with Gasteiger partial charge in [0.05, 0.1) is 5.69 Å². The fourth-order valence-corrected chi connectivity index (χ4v) is 1.74. The molecule has 0 saturated heterocycles. The van der Waals surface area contributed by atoms with Crippen LogP contribution >= 0.6 is 0 Å². The monoisotopic (exact) mass is 276 g/mol. The van der Waals surface area contributed by atoms with Gasteiger partial charge in [0.15, 0.2) is 0 Å². The average Bonchev–Trinajstić information content (AvgIpc) is 2.96. The minimum atomic E-state index is -0.673. The molecule has 1 unspecified atom stereocenters. The lowest BCUT2D eigenvalue weighted by Gasteiger charge is -2.14. The van der Waals surface area contributed by atoms with Gasteiger partial charge in [-0.25, -0.2) is 4.68 Å². The molecule has 3 N–H and O–H groups in total. The van der Waals surface area contributed by atoms with Gasteiger partial charge < -0.3 is 15.8 Å². The number of nitrogens with zero attached hydrogens (tertiary/aromatic N) is 4. The SMILES string of the molecule is COC(CN)C(=O)Nc1ccc(C)c(-n2cnnn2)c1. The Morgan fingerprint density at radius 2 is 2.35 bits per heavy atom. The van der Waals surface area contributed by atoms with E-state index in [1.807, 2.05) is 13.0 Å². The summed E-state index contributed by atoms with van der Waals surface area (Å²) in [6, 6.07) is 5.45. The first-order valence-corrected chi connectivity index (χ1v) is 6.03. The third-order valence-corrected chi connectivity index (χ3v) is 2.86. The number of nitrogens with one attached hydrogen (secondary N) is 1. The first-order chi connectivity index (χ1) is 9.65. The number of nitrogens with two attached hydrogens (primary N) is 1. The van der Waals surface area contributed by atoms with E-state index in [4.69, 9.17) is 10.5 Å². The van der Waals surface area contributed by atoms with E-state index < -0.39 is 6.10 Å². The Balaban J connectivity index is 2.22. The van der Waals surface area contributed by atoms with Crippen LogP contribution in [-0.2, 0) is 9.53 Å². The second kappa shape index (κ2) is 6.22. The molecular weight excluding hydrogens is 260 g/mol. The van der Waals surface area contributed by atoms with Gasteiger partial charge in [-0.05, 0) is 35.0 Å². The highest BCUT2D eigenvalue weighted by Gasteiger charge is 2.16. The van der Waals surface area contributed by atoms with Crippen LogP contribution in [0.1, 0.15) is 5.56 Å². The fourth-order valence-electron chi connectivity index (χ4n) is 1.74. The number of aromatic nitrogens is 4. The Kier molecular flexibility index (Phi) is 4.38. The van der Waals surface area contributed by atoms with Crippen LogP contribution < -0.4 is 11.1 Å². The van der Waals surface area contributed by atoms with Crippen LogP contribution in [0.3, 0.4) is 0 Å². The average molecular weight is 276 g/mol. The molecular formula is C12H16N6O2. The summed E-state index contributed by atoms with van der Waals surface area (Å²) < 4.78 is 6.51. The molecule has 8 nitrogen and oxygen atoms in total. The zero-order valence-corrected chi connectivity index (χ0v) is 11.3. The number of amides is 1. The first kappa shape index (κ1) is 14.1. The summed E-state index contributed by atoms with van der Waals surface area (Å²) >= 11 is 0.